The molecule has 0 bridgehead atoms. The molecule has 0 amide bonds. The van der Waals surface area contributed by atoms with Gasteiger partial charge in [-0.1, -0.05) is 25.5 Å². The summed E-state index contributed by atoms with van der Waals surface area (Å²) in [5, 5.41) is 9.47. The quantitative estimate of drug-likeness (QED) is 0.412. The molecule has 0 unspecified atom stereocenters. The number of nitrogens with zero attached hydrogens (tertiary/aromatic N) is 1. The normalized spacial score (nSPS) is 39.6. The standard InChI is InChI=1S/C23H31NO4/c1-14(25)21(27)23(4)11-8-19-18(20(23)9-12-24)6-5-16-13-17(28-15(2)26)7-10-22(16,19)3/h5,17-20H,6-11,13H2,1-4H3/t17-,18+,19-,20-,22-,23-/m0/s1. The van der Waals surface area contributed by atoms with Gasteiger partial charge in [0.1, 0.15) is 6.10 Å². The van der Waals surface area contributed by atoms with Crippen LogP contribution in [0.4, 0.5) is 0 Å². The first kappa shape index (κ1) is 20.8. The molecule has 0 spiro atoms. The van der Waals surface area contributed by atoms with Gasteiger partial charge in [0.25, 0.3) is 0 Å². The van der Waals surface area contributed by atoms with E-state index in [1.165, 1.54) is 19.4 Å². The Kier molecular flexibility index (Phi) is 5.53. The van der Waals surface area contributed by atoms with E-state index in [4.69, 9.17) is 4.74 Å². The molecule has 0 aromatic rings. The Morgan fingerprint density at radius 1 is 1.21 bits per heavy atom. The number of hydrogen-bond acceptors (Lipinski definition) is 5. The number of carbonyl (C=O) groups excluding carboxylic acids is 3. The number of rotatable bonds is 4. The van der Waals surface area contributed by atoms with Gasteiger partial charge in [-0.05, 0) is 55.3 Å². The van der Waals surface area contributed by atoms with Crippen LogP contribution in [0.1, 0.15) is 72.6 Å². The lowest BCUT2D eigenvalue weighted by atomic mass is 9.46. The SMILES string of the molecule is CC(=O)O[C@H]1CC[C@@]2(C)C(=CC[C@@H]3[C@@H]2CC[C@](C)(C(=O)C(C)=O)[C@H]3CC#N)C1. The molecule has 2 fully saturated rings. The fourth-order valence-corrected chi connectivity index (χ4v) is 6.44. The van der Waals surface area contributed by atoms with Gasteiger partial charge in [0.05, 0.1) is 6.07 Å². The van der Waals surface area contributed by atoms with Crippen LogP contribution in [0, 0.1) is 39.9 Å². The van der Waals surface area contributed by atoms with Crippen molar-refractivity contribution in [2.45, 2.75) is 78.7 Å². The van der Waals surface area contributed by atoms with Crippen molar-refractivity contribution in [3.8, 4) is 6.07 Å². The number of hydrogen-bond donors (Lipinski definition) is 0. The molecule has 6 atom stereocenters. The van der Waals surface area contributed by atoms with Crippen LogP contribution in [0.2, 0.25) is 0 Å². The second-order valence-corrected chi connectivity index (χ2v) is 9.44. The van der Waals surface area contributed by atoms with E-state index in [0.717, 1.165) is 32.1 Å². The number of allylic oxidation sites excluding steroid dienone is 1. The summed E-state index contributed by atoms with van der Waals surface area (Å²) in [6.45, 7) is 7.01. The summed E-state index contributed by atoms with van der Waals surface area (Å²) >= 11 is 0. The Balaban J connectivity index is 1.91. The van der Waals surface area contributed by atoms with E-state index < -0.39 is 11.2 Å². The molecule has 0 radical (unpaired) electrons. The highest BCUT2D eigenvalue weighted by atomic mass is 16.5. The van der Waals surface area contributed by atoms with Gasteiger partial charge in [0, 0.05) is 32.1 Å². The van der Waals surface area contributed by atoms with E-state index in [9.17, 15) is 19.6 Å². The molecule has 5 nitrogen and oxygen atoms in total. The molecule has 5 heteroatoms. The highest BCUT2D eigenvalue weighted by Gasteiger charge is 2.57. The van der Waals surface area contributed by atoms with Gasteiger partial charge in [0.15, 0.2) is 5.78 Å². The van der Waals surface area contributed by atoms with Crippen molar-refractivity contribution in [1.82, 2.24) is 0 Å². The third kappa shape index (κ3) is 3.32. The highest BCUT2D eigenvalue weighted by molar-refractivity contribution is 6.38. The number of ketones is 2. The lowest BCUT2D eigenvalue weighted by molar-refractivity contribution is -0.151. The molecular formula is C23H31NO4. The maximum absolute atomic E-state index is 12.8. The molecule has 152 valence electrons. The Labute approximate surface area is 167 Å². The smallest absolute Gasteiger partial charge is 0.302 e. The molecule has 3 rings (SSSR count). The van der Waals surface area contributed by atoms with Crippen molar-refractivity contribution in [3.63, 3.8) is 0 Å². The molecule has 0 aromatic carbocycles. The molecule has 0 N–H and O–H groups in total. The monoisotopic (exact) mass is 385 g/mol. The number of esters is 1. The summed E-state index contributed by atoms with van der Waals surface area (Å²) in [7, 11) is 0. The van der Waals surface area contributed by atoms with Crippen LogP contribution in [0.5, 0.6) is 0 Å². The van der Waals surface area contributed by atoms with Gasteiger partial charge in [-0.3, -0.25) is 14.4 Å². The fraction of sp³-hybridized carbons (Fsp3) is 0.739. The van der Waals surface area contributed by atoms with Crippen LogP contribution in [0.15, 0.2) is 11.6 Å². The Morgan fingerprint density at radius 3 is 2.54 bits per heavy atom. The Bertz CT molecular complexity index is 763. The van der Waals surface area contributed by atoms with Gasteiger partial charge >= 0.3 is 5.97 Å². The Hall–Kier alpha value is -1.96. The highest BCUT2D eigenvalue weighted by Crippen LogP contribution is 2.62. The van der Waals surface area contributed by atoms with Gasteiger partial charge < -0.3 is 4.74 Å². The zero-order valence-corrected chi connectivity index (χ0v) is 17.4. The molecule has 0 heterocycles. The average molecular weight is 386 g/mol. The van der Waals surface area contributed by atoms with Gasteiger partial charge in [-0.25, -0.2) is 0 Å². The van der Waals surface area contributed by atoms with Crippen molar-refractivity contribution in [3.05, 3.63) is 11.6 Å². The number of ether oxygens (including phenoxy) is 1. The van der Waals surface area contributed by atoms with Crippen LogP contribution >= 0.6 is 0 Å². The molecule has 3 aliphatic rings. The van der Waals surface area contributed by atoms with Gasteiger partial charge in [0.2, 0.25) is 5.78 Å². The molecule has 0 aromatic heterocycles. The maximum Gasteiger partial charge on any atom is 0.302 e. The number of carbonyl (C=O) groups is 3. The third-order valence-corrected chi connectivity index (χ3v) is 7.93. The van der Waals surface area contributed by atoms with Gasteiger partial charge in [-0.15, -0.1) is 0 Å². The van der Waals surface area contributed by atoms with Crippen molar-refractivity contribution < 1.29 is 19.1 Å². The van der Waals surface area contributed by atoms with E-state index in [2.05, 4.69) is 19.1 Å². The topological polar surface area (TPSA) is 84.2 Å². The number of nitriles is 1. The molecule has 0 aliphatic heterocycles. The summed E-state index contributed by atoms with van der Waals surface area (Å²) in [5.41, 5.74) is 0.649. The third-order valence-electron chi connectivity index (χ3n) is 7.93. The van der Waals surface area contributed by atoms with Crippen LogP contribution in [-0.2, 0) is 19.1 Å². The van der Waals surface area contributed by atoms with E-state index in [1.807, 2.05) is 6.92 Å². The zero-order valence-electron chi connectivity index (χ0n) is 17.4. The van der Waals surface area contributed by atoms with Crippen LogP contribution in [-0.4, -0.2) is 23.6 Å². The van der Waals surface area contributed by atoms with Crippen molar-refractivity contribution in [1.29, 1.82) is 5.26 Å². The van der Waals surface area contributed by atoms with Crippen molar-refractivity contribution in [2.24, 2.45) is 28.6 Å². The first-order chi connectivity index (χ1) is 13.1. The summed E-state index contributed by atoms with van der Waals surface area (Å²) < 4.78 is 5.47. The van der Waals surface area contributed by atoms with Gasteiger partial charge in [-0.2, -0.15) is 5.26 Å². The summed E-state index contributed by atoms with van der Waals surface area (Å²) in [5.74, 6) is -0.395. The lowest BCUT2D eigenvalue weighted by Crippen LogP contribution is -2.53. The van der Waals surface area contributed by atoms with Crippen LogP contribution in [0.3, 0.4) is 0 Å². The number of fused-ring (bicyclic) bond motifs is 3. The molecule has 0 saturated heterocycles. The minimum Gasteiger partial charge on any atom is -0.462 e. The zero-order chi connectivity index (χ0) is 20.7. The average Bonchev–Trinajstić information content (AvgIpc) is 2.63. The maximum atomic E-state index is 12.8. The summed E-state index contributed by atoms with van der Waals surface area (Å²) in [6.07, 6.45) is 7.51. The largest absolute Gasteiger partial charge is 0.462 e. The van der Waals surface area contributed by atoms with E-state index in [-0.39, 0.29) is 35.1 Å². The lowest BCUT2D eigenvalue weighted by Gasteiger charge is -2.57. The molecule has 28 heavy (non-hydrogen) atoms. The second-order valence-electron chi connectivity index (χ2n) is 9.44. The molecule has 3 aliphatic carbocycles. The van der Waals surface area contributed by atoms with Crippen molar-refractivity contribution >= 4 is 17.5 Å². The first-order valence-electron chi connectivity index (χ1n) is 10.4. The minimum atomic E-state index is -0.737. The summed E-state index contributed by atoms with van der Waals surface area (Å²) in [6, 6.07) is 2.29. The predicted molar refractivity (Wildman–Crippen MR) is 104 cm³/mol. The van der Waals surface area contributed by atoms with Crippen LogP contribution in [0.25, 0.3) is 0 Å². The van der Waals surface area contributed by atoms with E-state index in [0.29, 0.717) is 18.8 Å². The summed E-state index contributed by atoms with van der Waals surface area (Å²) in [4.78, 5) is 36.0. The fourth-order valence-electron chi connectivity index (χ4n) is 6.44. The van der Waals surface area contributed by atoms with Crippen LogP contribution < -0.4 is 0 Å². The Morgan fingerprint density at radius 2 is 1.93 bits per heavy atom. The predicted octanol–water partition coefficient (Wildman–Crippen LogP) is 4.16. The molecule has 2 saturated carbocycles. The minimum absolute atomic E-state index is 0.0217. The number of Topliss-reactive ketones (excluding diaryl/α,β-unsaturated/α-hetero) is 2. The first-order valence-corrected chi connectivity index (χ1v) is 10.4. The van der Waals surface area contributed by atoms with E-state index in [1.54, 1.807) is 0 Å². The second kappa shape index (κ2) is 7.46. The molecular weight excluding hydrogens is 354 g/mol. The van der Waals surface area contributed by atoms with E-state index >= 15 is 0 Å². The van der Waals surface area contributed by atoms with Crippen molar-refractivity contribution in [2.75, 3.05) is 0 Å².